The maximum Gasteiger partial charge on any atom is 0.135 e. The lowest BCUT2D eigenvalue weighted by molar-refractivity contribution is 0.669. The maximum atomic E-state index is 6.15. The third-order valence-corrected chi connectivity index (χ3v) is 10.5. The highest BCUT2D eigenvalue weighted by Crippen LogP contribution is 2.40. The zero-order chi connectivity index (χ0) is 35.8. The van der Waals surface area contributed by atoms with Crippen molar-refractivity contribution in [3.63, 3.8) is 0 Å². The van der Waals surface area contributed by atoms with Gasteiger partial charge in [0.25, 0.3) is 0 Å². The lowest BCUT2D eigenvalue weighted by Gasteiger charge is -2.26. The molecule has 0 N–H and O–H groups in total. The molecule has 0 radical (unpaired) electrons. The molecule has 10 aromatic rings. The van der Waals surface area contributed by atoms with E-state index in [0.717, 1.165) is 50.1 Å². The molecule has 54 heavy (non-hydrogen) atoms. The highest BCUT2D eigenvalue weighted by Gasteiger charge is 2.16. The lowest BCUT2D eigenvalue weighted by Crippen LogP contribution is -2.10. The Labute approximate surface area is 314 Å². The molecule has 10 rings (SSSR count). The number of fused-ring (bicyclic) bond motifs is 4. The monoisotopic (exact) mass is 689 g/mol. The minimum Gasteiger partial charge on any atom is -0.456 e. The van der Waals surface area contributed by atoms with Crippen LogP contribution in [0.1, 0.15) is 0 Å². The SMILES string of the molecule is c1ccc(-c2cccc(-c3ccc(N(c4ccc(-c5ccc6ccccc6c5)cc4)c4cccc(-c5ccc6oc7ccccc7c6c5)c4)cc3)c2)cc1. The van der Waals surface area contributed by atoms with E-state index >= 15 is 0 Å². The van der Waals surface area contributed by atoms with E-state index in [4.69, 9.17) is 4.42 Å². The Morgan fingerprint density at radius 1 is 0.259 bits per heavy atom. The van der Waals surface area contributed by atoms with Gasteiger partial charge in [-0.1, -0.05) is 146 Å². The normalized spacial score (nSPS) is 11.3. The van der Waals surface area contributed by atoms with E-state index < -0.39 is 0 Å². The van der Waals surface area contributed by atoms with Crippen LogP contribution in [-0.4, -0.2) is 0 Å². The third-order valence-electron chi connectivity index (χ3n) is 10.5. The molecular formula is C52H35NO. The number of rotatable bonds is 7. The summed E-state index contributed by atoms with van der Waals surface area (Å²) in [7, 11) is 0. The van der Waals surface area contributed by atoms with Crippen molar-refractivity contribution in [1.29, 1.82) is 0 Å². The van der Waals surface area contributed by atoms with Crippen LogP contribution in [0.2, 0.25) is 0 Å². The standard InChI is InChI=1S/C52H35NO/c1-2-10-36(11-3-1)41-14-8-15-42(32-41)38-22-27-46(28-23-38)53(47-29-24-39(25-30-47)44-21-20-37-12-4-5-13-40(37)33-44)48-17-9-16-43(34-48)45-26-31-52-50(35-45)49-18-6-7-19-51(49)54-52/h1-35H. The summed E-state index contributed by atoms with van der Waals surface area (Å²) >= 11 is 0. The molecule has 0 aliphatic heterocycles. The summed E-state index contributed by atoms with van der Waals surface area (Å²) in [6.07, 6.45) is 0. The van der Waals surface area contributed by atoms with Crippen molar-refractivity contribution in [2.24, 2.45) is 0 Å². The second-order valence-corrected chi connectivity index (χ2v) is 13.8. The molecule has 0 amide bonds. The fourth-order valence-corrected chi connectivity index (χ4v) is 7.66. The van der Waals surface area contributed by atoms with Crippen molar-refractivity contribution in [3.8, 4) is 44.5 Å². The summed E-state index contributed by atoms with van der Waals surface area (Å²) < 4.78 is 6.15. The molecule has 0 unspecified atom stereocenters. The lowest BCUT2D eigenvalue weighted by atomic mass is 9.98. The number of benzene rings is 9. The first kappa shape index (κ1) is 31.6. The van der Waals surface area contributed by atoms with Gasteiger partial charge in [0.2, 0.25) is 0 Å². The topological polar surface area (TPSA) is 16.4 Å². The fourth-order valence-electron chi connectivity index (χ4n) is 7.66. The van der Waals surface area contributed by atoms with Gasteiger partial charge in [-0.2, -0.15) is 0 Å². The zero-order valence-electron chi connectivity index (χ0n) is 29.6. The van der Waals surface area contributed by atoms with E-state index in [1.807, 2.05) is 12.1 Å². The first-order valence-corrected chi connectivity index (χ1v) is 18.4. The van der Waals surface area contributed by atoms with Crippen LogP contribution in [0.3, 0.4) is 0 Å². The molecule has 9 aromatic carbocycles. The van der Waals surface area contributed by atoms with Gasteiger partial charge >= 0.3 is 0 Å². The van der Waals surface area contributed by atoms with Gasteiger partial charge in [-0.25, -0.2) is 0 Å². The van der Waals surface area contributed by atoms with Crippen molar-refractivity contribution >= 4 is 49.8 Å². The number of para-hydroxylation sites is 1. The van der Waals surface area contributed by atoms with Crippen LogP contribution in [0, 0.1) is 0 Å². The molecule has 2 nitrogen and oxygen atoms in total. The second-order valence-electron chi connectivity index (χ2n) is 13.8. The highest BCUT2D eigenvalue weighted by molar-refractivity contribution is 6.06. The third kappa shape index (κ3) is 5.90. The second kappa shape index (κ2) is 13.4. The Morgan fingerprint density at radius 3 is 1.50 bits per heavy atom. The predicted molar refractivity (Wildman–Crippen MR) is 228 cm³/mol. The Morgan fingerprint density at radius 2 is 0.759 bits per heavy atom. The molecule has 0 saturated carbocycles. The Kier molecular flexibility index (Phi) is 7.85. The Balaban J connectivity index is 1.05. The van der Waals surface area contributed by atoms with Crippen LogP contribution in [0.25, 0.3) is 77.2 Å². The largest absolute Gasteiger partial charge is 0.456 e. The summed E-state index contributed by atoms with van der Waals surface area (Å²) in [5, 5.41) is 4.75. The van der Waals surface area contributed by atoms with E-state index in [2.05, 4.69) is 205 Å². The molecular weight excluding hydrogens is 655 g/mol. The summed E-state index contributed by atoms with van der Waals surface area (Å²) in [6.45, 7) is 0. The molecule has 1 heterocycles. The van der Waals surface area contributed by atoms with E-state index in [9.17, 15) is 0 Å². The molecule has 0 aliphatic rings. The molecule has 2 heteroatoms. The summed E-state index contributed by atoms with van der Waals surface area (Å²) in [6, 6.07) is 76.0. The van der Waals surface area contributed by atoms with E-state index in [1.54, 1.807) is 0 Å². The quantitative estimate of drug-likeness (QED) is 0.166. The summed E-state index contributed by atoms with van der Waals surface area (Å²) in [5.74, 6) is 0. The van der Waals surface area contributed by atoms with Gasteiger partial charge in [0.05, 0.1) is 0 Å². The number of nitrogens with zero attached hydrogens (tertiary/aromatic N) is 1. The van der Waals surface area contributed by atoms with Gasteiger partial charge in [0.15, 0.2) is 0 Å². The number of furan rings is 1. The highest BCUT2D eigenvalue weighted by atomic mass is 16.3. The van der Waals surface area contributed by atoms with Crippen LogP contribution in [0.5, 0.6) is 0 Å². The van der Waals surface area contributed by atoms with Gasteiger partial charge in [0.1, 0.15) is 11.2 Å². The van der Waals surface area contributed by atoms with Crippen LogP contribution < -0.4 is 4.90 Å². The van der Waals surface area contributed by atoms with Gasteiger partial charge in [-0.05, 0) is 122 Å². The molecule has 0 aliphatic carbocycles. The molecule has 0 bridgehead atoms. The fraction of sp³-hybridized carbons (Fsp3) is 0. The van der Waals surface area contributed by atoms with Crippen LogP contribution >= 0.6 is 0 Å². The molecule has 0 atom stereocenters. The Bertz CT molecular complexity index is 2920. The zero-order valence-corrected chi connectivity index (χ0v) is 29.6. The molecule has 0 saturated heterocycles. The predicted octanol–water partition coefficient (Wildman–Crippen LogP) is 14.9. The Hall–Kier alpha value is -7.16. The first-order chi connectivity index (χ1) is 26.7. The molecule has 1 aromatic heterocycles. The van der Waals surface area contributed by atoms with Gasteiger partial charge in [-0.15, -0.1) is 0 Å². The van der Waals surface area contributed by atoms with Crippen molar-refractivity contribution in [3.05, 3.63) is 212 Å². The minimum absolute atomic E-state index is 0.902. The van der Waals surface area contributed by atoms with Crippen molar-refractivity contribution < 1.29 is 4.42 Å². The smallest absolute Gasteiger partial charge is 0.135 e. The summed E-state index contributed by atoms with van der Waals surface area (Å²) in [4.78, 5) is 2.35. The van der Waals surface area contributed by atoms with Crippen LogP contribution in [0.4, 0.5) is 17.1 Å². The van der Waals surface area contributed by atoms with Gasteiger partial charge in [-0.3, -0.25) is 0 Å². The number of hydrogen-bond acceptors (Lipinski definition) is 2. The van der Waals surface area contributed by atoms with Crippen molar-refractivity contribution in [2.75, 3.05) is 4.90 Å². The first-order valence-electron chi connectivity index (χ1n) is 18.4. The van der Waals surface area contributed by atoms with E-state index in [1.165, 1.54) is 44.2 Å². The van der Waals surface area contributed by atoms with E-state index in [0.29, 0.717) is 0 Å². The average Bonchev–Trinajstić information content (AvgIpc) is 3.63. The molecule has 0 spiro atoms. The van der Waals surface area contributed by atoms with Crippen molar-refractivity contribution in [2.45, 2.75) is 0 Å². The van der Waals surface area contributed by atoms with Crippen LogP contribution in [0.15, 0.2) is 217 Å². The minimum atomic E-state index is 0.902. The van der Waals surface area contributed by atoms with Crippen LogP contribution in [-0.2, 0) is 0 Å². The van der Waals surface area contributed by atoms with Crippen molar-refractivity contribution in [1.82, 2.24) is 0 Å². The maximum absolute atomic E-state index is 6.15. The number of hydrogen-bond donors (Lipinski definition) is 0. The van der Waals surface area contributed by atoms with Gasteiger partial charge < -0.3 is 9.32 Å². The molecule has 0 fully saturated rings. The molecule has 254 valence electrons. The van der Waals surface area contributed by atoms with Gasteiger partial charge in [0, 0.05) is 27.8 Å². The average molecular weight is 690 g/mol. The number of anilines is 3. The van der Waals surface area contributed by atoms with E-state index in [-0.39, 0.29) is 0 Å². The summed E-state index contributed by atoms with van der Waals surface area (Å²) in [5.41, 5.74) is 14.6.